The maximum atomic E-state index is 5.86. The van der Waals surface area contributed by atoms with Gasteiger partial charge < -0.3 is 8.98 Å². The summed E-state index contributed by atoms with van der Waals surface area (Å²) in [4.78, 5) is 0. The lowest BCUT2D eigenvalue weighted by Crippen LogP contribution is -2.00. The summed E-state index contributed by atoms with van der Waals surface area (Å²) in [6.07, 6.45) is 2.13. The molecule has 4 nitrogen and oxygen atoms in total. The van der Waals surface area contributed by atoms with Crippen molar-refractivity contribution in [2.45, 2.75) is 24.6 Å². The quantitative estimate of drug-likeness (QED) is 0.259. The first-order chi connectivity index (χ1) is 11.3. The molecule has 23 heavy (non-hydrogen) atoms. The Morgan fingerprint density at radius 1 is 1.09 bits per heavy atom. The van der Waals surface area contributed by atoms with Crippen molar-refractivity contribution in [3.63, 3.8) is 0 Å². The Morgan fingerprint density at radius 3 is 2.74 bits per heavy atom. The summed E-state index contributed by atoms with van der Waals surface area (Å²) in [5.41, 5.74) is 2.20. The zero-order valence-electron chi connectivity index (χ0n) is 12.5. The molecule has 0 bridgehead atoms. The number of rotatable bonds is 8. The molecule has 2 aromatic heterocycles. The van der Waals surface area contributed by atoms with Crippen LogP contribution in [0.25, 0.3) is 22.5 Å². The third kappa shape index (κ3) is 4.00. The minimum atomic E-state index is 0.595. The Balaban J connectivity index is 1.92. The second-order valence-corrected chi connectivity index (χ2v) is 7.68. The summed E-state index contributed by atoms with van der Waals surface area (Å²) in [7, 11) is 0. The molecule has 0 unspecified atom stereocenters. The molecule has 3 rings (SSSR count). The molecule has 0 saturated carbocycles. The summed E-state index contributed by atoms with van der Waals surface area (Å²) in [6.45, 7) is 0.919. The molecule has 2 heterocycles. The van der Waals surface area contributed by atoms with E-state index in [0.717, 1.165) is 41.5 Å². The van der Waals surface area contributed by atoms with Crippen LogP contribution in [-0.2, 0) is 6.54 Å². The highest BCUT2D eigenvalue weighted by atomic mass is 79.9. The average molecular weight is 459 g/mol. The highest BCUT2D eigenvalue weighted by Crippen LogP contribution is 2.29. The van der Waals surface area contributed by atoms with E-state index in [1.54, 1.807) is 11.8 Å². The number of hydrogen-bond donors (Lipinski definition) is 0. The van der Waals surface area contributed by atoms with Crippen LogP contribution >= 0.6 is 43.6 Å². The monoisotopic (exact) mass is 457 g/mol. The first-order valence-electron chi connectivity index (χ1n) is 7.50. The van der Waals surface area contributed by atoms with E-state index >= 15 is 0 Å². The third-order valence-electron chi connectivity index (χ3n) is 3.46. The Labute approximate surface area is 156 Å². The number of para-hydroxylation sites is 1. The standard InChI is InChI=1S/C16H17Br2N3OS/c17-7-3-9-21-13-6-2-1-5-12(13)11-14(21)15-19-20-16(22-15)23-10-4-8-18/h1-2,5-6,11H,3-4,7-10H2. The van der Waals surface area contributed by atoms with Gasteiger partial charge in [0.15, 0.2) is 0 Å². The van der Waals surface area contributed by atoms with E-state index in [1.165, 1.54) is 10.9 Å². The molecule has 0 saturated heterocycles. The minimum absolute atomic E-state index is 0.595. The molecule has 122 valence electrons. The van der Waals surface area contributed by atoms with Crippen LogP contribution < -0.4 is 0 Å². The van der Waals surface area contributed by atoms with Gasteiger partial charge in [0.25, 0.3) is 11.1 Å². The number of thioether (sulfide) groups is 1. The molecule has 0 amide bonds. The van der Waals surface area contributed by atoms with Crippen molar-refractivity contribution < 1.29 is 4.42 Å². The van der Waals surface area contributed by atoms with Gasteiger partial charge in [0.1, 0.15) is 5.69 Å². The molecular weight excluding hydrogens is 442 g/mol. The van der Waals surface area contributed by atoms with Crippen molar-refractivity contribution in [1.29, 1.82) is 0 Å². The van der Waals surface area contributed by atoms with Crippen molar-refractivity contribution in [2.75, 3.05) is 16.4 Å². The molecule has 0 N–H and O–H groups in total. The predicted molar refractivity (Wildman–Crippen MR) is 103 cm³/mol. The Kier molecular flexibility index (Phi) is 6.19. The second kappa shape index (κ2) is 8.35. The average Bonchev–Trinajstić information content (AvgIpc) is 3.17. The van der Waals surface area contributed by atoms with Gasteiger partial charge in [0.05, 0.1) is 0 Å². The lowest BCUT2D eigenvalue weighted by atomic mass is 10.2. The van der Waals surface area contributed by atoms with E-state index in [2.05, 4.69) is 77.0 Å². The molecule has 3 aromatic rings. The van der Waals surface area contributed by atoms with Crippen LogP contribution in [0, 0.1) is 0 Å². The predicted octanol–water partition coefficient (Wildman–Crippen LogP) is 5.35. The lowest BCUT2D eigenvalue weighted by Gasteiger charge is -2.07. The molecule has 1 aromatic carbocycles. The number of aryl methyl sites for hydroxylation is 1. The fourth-order valence-corrected chi connectivity index (χ4v) is 4.03. The molecule has 0 atom stereocenters. The highest BCUT2D eigenvalue weighted by Gasteiger charge is 2.16. The first kappa shape index (κ1) is 17.0. The smallest absolute Gasteiger partial charge is 0.276 e. The summed E-state index contributed by atoms with van der Waals surface area (Å²) in [5, 5.41) is 12.2. The first-order valence-corrected chi connectivity index (χ1v) is 10.7. The van der Waals surface area contributed by atoms with Gasteiger partial charge in [-0.2, -0.15) is 0 Å². The van der Waals surface area contributed by atoms with Crippen molar-refractivity contribution in [2.24, 2.45) is 0 Å². The number of alkyl halides is 2. The molecule has 0 fully saturated rings. The molecule has 0 radical (unpaired) electrons. The van der Waals surface area contributed by atoms with Crippen LogP contribution in [0.3, 0.4) is 0 Å². The number of nitrogens with zero attached hydrogens (tertiary/aromatic N) is 3. The van der Waals surface area contributed by atoms with E-state index in [1.807, 2.05) is 0 Å². The van der Waals surface area contributed by atoms with Gasteiger partial charge >= 0.3 is 0 Å². The van der Waals surface area contributed by atoms with E-state index in [4.69, 9.17) is 4.42 Å². The maximum Gasteiger partial charge on any atom is 0.276 e. The van der Waals surface area contributed by atoms with Gasteiger partial charge in [-0.15, -0.1) is 10.2 Å². The van der Waals surface area contributed by atoms with Crippen LogP contribution in [0.4, 0.5) is 0 Å². The zero-order valence-corrected chi connectivity index (χ0v) is 16.5. The maximum absolute atomic E-state index is 5.86. The highest BCUT2D eigenvalue weighted by molar-refractivity contribution is 9.09. The molecular formula is C16H17Br2N3OS. The van der Waals surface area contributed by atoms with Crippen LogP contribution in [0.15, 0.2) is 40.0 Å². The minimum Gasteiger partial charge on any atom is -0.410 e. The number of halogens is 2. The largest absolute Gasteiger partial charge is 0.410 e. The van der Waals surface area contributed by atoms with Gasteiger partial charge in [-0.05, 0) is 25.0 Å². The van der Waals surface area contributed by atoms with E-state index < -0.39 is 0 Å². The third-order valence-corrected chi connectivity index (χ3v) is 5.48. The summed E-state index contributed by atoms with van der Waals surface area (Å²) >= 11 is 8.54. The number of aromatic nitrogens is 3. The van der Waals surface area contributed by atoms with Gasteiger partial charge in [-0.1, -0.05) is 61.8 Å². The SMILES string of the molecule is BrCCCSc1nnc(-c2cc3ccccc3n2CCCBr)o1. The Bertz CT molecular complexity index is 772. The summed E-state index contributed by atoms with van der Waals surface area (Å²) in [5.74, 6) is 1.57. The lowest BCUT2D eigenvalue weighted by molar-refractivity contribution is 0.462. The second-order valence-electron chi connectivity index (χ2n) is 5.05. The van der Waals surface area contributed by atoms with E-state index in [-0.39, 0.29) is 0 Å². The van der Waals surface area contributed by atoms with Crippen LogP contribution in [0.5, 0.6) is 0 Å². The summed E-state index contributed by atoms with van der Waals surface area (Å²) < 4.78 is 8.12. The van der Waals surface area contributed by atoms with E-state index in [9.17, 15) is 0 Å². The van der Waals surface area contributed by atoms with Gasteiger partial charge in [0.2, 0.25) is 0 Å². The zero-order chi connectivity index (χ0) is 16.1. The van der Waals surface area contributed by atoms with Gasteiger partial charge in [0, 0.05) is 33.9 Å². The van der Waals surface area contributed by atoms with E-state index in [0.29, 0.717) is 11.1 Å². The van der Waals surface area contributed by atoms with Crippen molar-refractivity contribution in [1.82, 2.24) is 14.8 Å². The molecule has 7 heteroatoms. The van der Waals surface area contributed by atoms with Crippen molar-refractivity contribution in [3.05, 3.63) is 30.3 Å². The molecule has 0 aliphatic carbocycles. The Morgan fingerprint density at radius 2 is 1.91 bits per heavy atom. The fraction of sp³-hybridized carbons (Fsp3) is 0.375. The number of hydrogen-bond acceptors (Lipinski definition) is 4. The normalized spacial score (nSPS) is 11.4. The molecule has 0 spiro atoms. The topological polar surface area (TPSA) is 43.9 Å². The number of fused-ring (bicyclic) bond motifs is 1. The van der Waals surface area contributed by atoms with Gasteiger partial charge in [-0.25, -0.2) is 0 Å². The molecule has 0 aliphatic heterocycles. The van der Waals surface area contributed by atoms with Crippen LogP contribution in [0.1, 0.15) is 12.8 Å². The molecule has 0 aliphatic rings. The summed E-state index contributed by atoms with van der Waals surface area (Å²) in [6, 6.07) is 10.5. The fourth-order valence-electron chi connectivity index (χ4n) is 2.43. The number of benzene rings is 1. The van der Waals surface area contributed by atoms with Crippen molar-refractivity contribution in [3.8, 4) is 11.6 Å². The van der Waals surface area contributed by atoms with Crippen LogP contribution in [-0.4, -0.2) is 31.2 Å². The van der Waals surface area contributed by atoms with Gasteiger partial charge in [-0.3, -0.25) is 0 Å². The van der Waals surface area contributed by atoms with Crippen LogP contribution in [0.2, 0.25) is 0 Å². The Hall–Kier alpha value is -0.790. The van der Waals surface area contributed by atoms with Crippen molar-refractivity contribution >= 4 is 54.5 Å².